The molecule has 0 heterocycles. The van der Waals surface area contributed by atoms with E-state index in [1.54, 1.807) is 0 Å². The molecule has 0 aliphatic carbocycles. The zero-order valence-corrected chi connectivity index (χ0v) is 11.4. The molecule has 1 aromatic rings. The number of hydrogen-bond donors (Lipinski definition) is 2. The number of anilines is 1. The minimum atomic E-state index is -1.07. The molecule has 0 aliphatic heterocycles. The molecule has 1 aromatic carbocycles. The molecule has 8 nitrogen and oxygen atoms in total. The van der Waals surface area contributed by atoms with Crippen LogP contribution in [0.2, 0.25) is 0 Å². The zero-order chi connectivity index (χ0) is 16.2. The summed E-state index contributed by atoms with van der Waals surface area (Å²) in [5, 5.41) is 21.5. The van der Waals surface area contributed by atoms with Gasteiger partial charge in [0, 0.05) is 31.4 Å². The van der Waals surface area contributed by atoms with Crippen molar-refractivity contribution in [3.8, 4) is 0 Å². The number of halogens is 1. The summed E-state index contributed by atoms with van der Waals surface area (Å²) < 4.78 is 13.4. The van der Waals surface area contributed by atoms with Gasteiger partial charge in [0.25, 0.3) is 0 Å². The zero-order valence-electron chi connectivity index (χ0n) is 11.4. The third-order valence-electron chi connectivity index (χ3n) is 2.71. The van der Waals surface area contributed by atoms with Gasteiger partial charge in [0.05, 0.1) is 10.8 Å². The number of rotatable bonds is 5. The van der Waals surface area contributed by atoms with Gasteiger partial charge in [-0.25, -0.2) is 4.79 Å². The molecule has 9 heteroatoms. The summed E-state index contributed by atoms with van der Waals surface area (Å²) in [7, 11) is 1.39. The molecular formula is C12H14FN3O5. The van der Waals surface area contributed by atoms with Gasteiger partial charge in [-0.15, -0.1) is 0 Å². The molecule has 0 spiro atoms. The van der Waals surface area contributed by atoms with Crippen LogP contribution in [0, 0.1) is 21.8 Å². The van der Waals surface area contributed by atoms with E-state index in [4.69, 9.17) is 5.11 Å². The lowest BCUT2D eigenvalue weighted by Gasteiger charge is -2.20. The minimum absolute atomic E-state index is 0.0311. The third kappa shape index (κ3) is 4.41. The van der Waals surface area contributed by atoms with E-state index < -0.39 is 34.3 Å². The van der Waals surface area contributed by atoms with Crippen LogP contribution >= 0.6 is 0 Å². The van der Waals surface area contributed by atoms with Crippen LogP contribution in [-0.2, 0) is 4.79 Å². The molecule has 0 bridgehead atoms. The molecule has 1 unspecified atom stereocenters. The Labute approximate surface area is 119 Å². The van der Waals surface area contributed by atoms with E-state index in [0.29, 0.717) is 0 Å². The van der Waals surface area contributed by atoms with Crippen molar-refractivity contribution in [2.75, 3.05) is 18.9 Å². The molecule has 0 saturated heterocycles. The van der Waals surface area contributed by atoms with E-state index >= 15 is 0 Å². The molecule has 1 atom stereocenters. The second kappa shape index (κ2) is 6.64. The Morgan fingerprint density at radius 1 is 1.52 bits per heavy atom. The lowest BCUT2D eigenvalue weighted by atomic mass is 10.2. The first-order valence-corrected chi connectivity index (χ1v) is 5.91. The Morgan fingerprint density at radius 3 is 2.62 bits per heavy atom. The fourth-order valence-electron chi connectivity index (χ4n) is 1.52. The number of carbonyl (C=O) groups excluding carboxylic acids is 1. The van der Waals surface area contributed by atoms with E-state index in [1.807, 2.05) is 0 Å². The first-order chi connectivity index (χ1) is 9.72. The fourth-order valence-corrected chi connectivity index (χ4v) is 1.52. The number of amides is 2. The van der Waals surface area contributed by atoms with Gasteiger partial charge < -0.3 is 15.3 Å². The van der Waals surface area contributed by atoms with Crippen LogP contribution in [0.15, 0.2) is 18.2 Å². The van der Waals surface area contributed by atoms with Gasteiger partial charge in [-0.2, -0.15) is 4.39 Å². The van der Waals surface area contributed by atoms with Crippen molar-refractivity contribution in [2.24, 2.45) is 5.92 Å². The molecule has 0 aliphatic rings. The van der Waals surface area contributed by atoms with Gasteiger partial charge in [-0.1, -0.05) is 6.92 Å². The second-order valence-electron chi connectivity index (χ2n) is 4.47. The fraction of sp³-hybridized carbons (Fsp3) is 0.333. The standard InChI is InChI=1S/C12H14FN3O5/c1-7(11(17)18)6-15(2)12(19)14-8-3-4-10(16(20)21)9(13)5-8/h3-5,7H,6H2,1-2H3,(H,14,19)(H,17,18). The molecule has 0 saturated carbocycles. The lowest BCUT2D eigenvalue weighted by Crippen LogP contribution is -2.36. The maximum absolute atomic E-state index is 13.4. The highest BCUT2D eigenvalue weighted by molar-refractivity contribution is 5.89. The van der Waals surface area contributed by atoms with Crippen molar-refractivity contribution in [1.29, 1.82) is 0 Å². The number of aliphatic carboxylic acids is 1. The Bertz CT molecular complexity index is 578. The first kappa shape index (κ1) is 16.3. The number of benzene rings is 1. The van der Waals surface area contributed by atoms with Crippen molar-refractivity contribution < 1.29 is 24.0 Å². The van der Waals surface area contributed by atoms with Crippen LogP contribution < -0.4 is 5.32 Å². The highest BCUT2D eigenvalue weighted by atomic mass is 19.1. The highest BCUT2D eigenvalue weighted by Crippen LogP contribution is 2.21. The van der Waals surface area contributed by atoms with E-state index in [1.165, 1.54) is 20.0 Å². The van der Waals surface area contributed by atoms with Crippen LogP contribution in [0.5, 0.6) is 0 Å². The van der Waals surface area contributed by atoms with Gasteiger partial charge >= 0.3 is 17.7 Å². The predicted molar refractivity (Wildman–Crippen MR) is 71.5 cm³/mol. The van der Waals surface area contributed by atoms with Gasteiger partial charge in [0.2, 0.25) is 5.82 Å². The Hall–Kier alpha value is -2.71. The summed E-state index contributed by atoms with van der Waals surface area (Å²) in [4.78, 5) is 33.2. The molecule has 21 heavy (non-hydrogen) atoms. The van der Waals surface area contributed by atoms with Crippen LogP contribution in [0.25, 0.3) is 0 Å². The van der Waals surface area contributed by atoms with Crippen LogP contribution in [0.4, 0.5) is 20.6 Å². The van der Waals surface area contributed by atoms with Crippen molar-refractivity contribution in [3.63, 3.8) is 0 Å². The smallest absolute Gasteiger partial charge is 0.321 e. The summed E-state index contributed by atoms with van der Waals surface area (Å²) in [6, 6.07) is 2.31. The molecule has 114 valence electrons. The van der Waals surface area contributed by atoms with E-state index in [0.717, 1.165) is 17.0 Å². The molecule has 0 aromatic heterocycles. The number of carboxylic acids is 1. The van der Waals surface area contributed by atoms with Crippen molar-refractivity contribution in [3.05, 3.63) is 34.1 Å². The monoisotopic (exact) mass is 299 g/mol. The predicted octanol–water partition coefficient (Wildman–Crippen LogP) is 1.92. The minimum Gasteiger partial charge on any atom is -0.481 e. The van der Waals surface area contributed by atoms with Gasteiger partial charge in [0.1, 0.15) is 0 Å². The van der Waals surface area contributed by atoms with Crippen LogP contribution in [0.3, 0.4) is 0 Å². The van der Waals surface area contributed by atoms with Crippen molar-refractivity contribution in [2.45, 2.75) is 6.92 Å². The maximum Gasteiger partial charge on any atom is 0.321 e. The highest BCUT2D eigenvalue weighted by Gasteiger charge is 2.19. The third-order valence-corrected chi connectivity index (χ3v) is 2.71. The summed E-state index contributed by atoms with van der Waals surface area (Å²) in [5.74, 6) is -2.87. The first-order valence-electron chi connectivity index (χ1n) is 5.91. The number of nitrogens with one attached hydrogen (secondary N) is 1. The molecule has 0 fully saturated rings. The second-order valence-corrected chi connectivity index (χ2v) is 4.47. The quantitative estimate of drug-likeness (QED) is 0.637. The number of nitrogens with zero attached hydrogens (tertiary/aromatic N) is 2. The molecule has 1 rings (SSSR count). The number of urea groups is 1. The van der Waals surface area contributed by atoms with Crippen molar-refractivity contribution in [1.82, 2.24) is 4.90 Å². The maximum atomic E-state index is 13.4. The average Bonchev–Trinajstić information content (AvgIpc) is 2.37. The van der Waals surface area contributed by atoms with Crippen LogP contribution in [0.1, 0.15) is 6.92 Å². The Kier molecular flexibility index (Phi) is 5.17. The topological polar surface area (TPSA) is 113 Å². The van der Waals surface area contributed by atoms with E-state index in [9.17, 15) is 24.1 Å². The van der Waals surface area contributed by atoms with E-state index in [-0.39, 0.29) is 12.2 Å². The molecular weight excluding hydrogens is 285 g/mol. The number of carboxylic acid groups (broad SMARTS) is 1. The SMILES string of the molecule is CC(CN(C)C(=O)Nc1ccc([N+](=O)[O-])c(F)c1)C(=O)O. The molecule has 2 amide bonds. The summed E-state index contributed by atoms with van der Waals surface area (Å²) >= 11 is 0. The average molecular weight is 299 g/mol. The molecule has 0 radical (unpaired) electrons. The number of carbonyl (C=O) groups is 2. The Morgan fingerprint density at radius 2 is 2.14 bits per heavy atom. The number of nitro benzene ring substituents is 1. The normalized spacial score (nSPS) is 11.6. The largest absolute Gasteiger partial charge is 0.481 e. The van der Waals surface area contributed by atoms with E-state index in [2.05, 4.69) is 5.32 Å². The molecule has 2 N–H and O–H groups in total. The van der Waals surface area contributed by atoms with Crippen LogP contribution in [-0.4, -0.2) is 40.5 Å². The lowest BCUT2D eigenvalue weighted by molar-refractivity contribution is -0.387. The Balaban J connectivity index is 2.73. The number of nitro groups is 1. The van der Waals surface area contributed by atoms with Crippen molar-refractivity contribution >= 4 is 23.4 Å². The van der Waals surface area contributed by atoms with Gasteiger partial charge in [-0.05, 0) is 6.07 Å². The summed E-state index contributed by atoms with van der Waals surface area (Å²) in [5.41, 5.74) is -0.654. The summed E-state index contributed by atoms with van der Waals surface area (Å²) in [6.45, 7) is 1.41. The number of hydrogen-bond acceptors (Lipinski definition) is 4. The van der Waals surface area contributed by atoms with Gasteiger partial charge in [-0.3, -0.25) is 14.9 Å². The van der Waals surface area contributed by atoms with Gasteiger partial charge in [0.15, 0.2) is 0 Å². The summed E-state index contributed by atoms with van der Waals surface area (Å²) in [6.07, 6.45) is 0.